The Morgan fingerprint density at radius 3 is 2.37 bits per heavy atom. The van der Waals surface area contributed by atoms with Crippen molar-refractivity contribution in [2.45, 2.75) is 17.9 Å². The van der Waals surface area contributed by atoms with E-state index < -0.39 is 41.5 Å². The molecule has 4 N–H and O–H groups in total. The van der Waals surface area contributed by atoms with Crippen molar-refractivity contribution in [2.24, 2.45) is 5.92 Å². The molecule has 11 heteroatoms. The normalized spacial score (nSPS) is 24.0. The molecule has 1 heterocycles. The zero-order valence-corrected chi connectivity index (χ0v) is 15.3. The van der Waals surface area contributed by atoms with Gasteiger partial charge in [0, 0.05) is 5.56 Å². The number of phenolic OH excluding ortho intramolecular Hbond substituents is 1. The van der Waals surface area contributed by atoms with Crippen LogP contribution in [0, 0.1) is 11.7 Å². The predicted octanol–water partition coefficient (Wildman–Crippen LogP) is 2.49. The second-order valence-electron chi connectivity index (χ2n) is 6.62. The van der Waals surface area contributed by atoms with Crippen molar-refractivity contribution in [1.29, 1.82) is 0 Å². The third kappa shape index (κ3) is 3.75. The van der Waals surface area contributed by atoms with Crippen molar-refractivity contribution in [3.8, 4) is 11.5 Å². The summed E-state index contributed by atoms with van der Waals surface area (Å²) in [5.41, 5.74) is -3.17. The van der Waals surface area contributed by atoms with E-state index >= 15 is 0 Å². The van der Waals surface area contributed by atoms with Crippen molar-refractivity contribution in [3.63, 3.8) is 0 Å². The Labute approximate surface area is 167 Å². The van der Waals surface area contributed by atoms with Crippen LogP contribution in [-0.2, 0) is 10.5 Å². The Kier molecular flexibility index (Phi) is 5.33. The first-order valence-corrected chi connectivity index (χ1v) is 8.52. The van der Waals surface area contributed by atoms with E-state index in [2.05, 4.69) is 5.32 Å². The third-order valence-electron chi connectivity index (χ3n) is 4.78. The van der Waals surface area contributed by atoms with Crippen LogP contribution in [0.25, 0.3) is 0 Å². The highest BCUT2D eigenvalue weighted by molar-refractivity contribution is 5.91. The fourth-order valence-electron chi connectivity index (χ4n) is 3.39. The maximum Gasteiger partial charge on any atom is 0.450 e. The standard InChI is InChI=1S/C19H16F4N2O5/c1-30-13-8-9(2-7-12(13)26)15-14(16(27)19(21,22)23)18(29,25-17(28)24-15)10-3-5-11(20)6-4-10/h2-8,14-15,26,29H,1H3,(H2,24,25,28)/t14-,15-,18-/m0/s1. The highest BCUT2D eigenvalue weighted by Crippen LogP contribution is 2.44. The number of ether oxygens (including phenoxy) is 1. The average molecular weight is 428 g/mol. The number of rotatable bonds is 4. The monoisotopic (exact) mass is 428 g/mol. The Bertz CT molecular complexity index is 980. The molecule has 7 nitrogen and oxygen atoms in total. The quantitative estimate of drug-likeness (QED) is 0.560. The summed E-state index contributed by atoms with van der Waals surface area (Å²) in [6.07, 6.45) is -5.36. The SMILES string of the molecule is COc1cc([C@@H]2NC(=O)N[C@](O)(c3ccc(F)cc3)[C@@H]2C(=O)C(F)(F)F)ccc1O. The van der Waals surface area contributed by atoms with E-state index in [0.717, 1.165) is 36.4 Å². The number of benzene rings is 2. The van der Waals surface area contributed by atoms with Gasteiger partial charge in [0.25, 0.3) is 0 Å². The molecule has 0 spiro atoms. The predicted molar refractivity (Wildman–Crippen MR) is 93.9 cm³/mol. The van der Waals surface area contributed by atoms with Crippen molar-refractivity contribution in [2.75, 3.05) is 7.11 Å². The number of ketones is 1. The summed E-state index contributed by atoms with van der Waals surface area (Å²) < 4.78 is 58.5. The Morgan fingerprint density at radius 1 is 1.17 bits per heavy atom. The summed E-state index contributed by atoms with van der Waals surface area (Å²) in [6.45, 7) is 0. The van der Waals surface area contributed by atoms with Crippen LogP contribution in [0.15, 0.2) is 42.5 Å². The van der Waals surface area contributed by atoms with Gasteiger partial charge in [-0.25, -0.2) is 9.18 Å². The van der Waals surface area contributed by atoms with E-state index in [1.807, 2.05) is 5.32 Å². The second kappa shape index (κ2) is 7.48. The van der Waals surface area contributed by atoms with Gasteiger partial charge in [0.05, 0.1) is 13.2 Å². The van der Waals surface area contributed by atoms with Gasteiger partial charge < -0.3 is 25.6 Å². The fourth-order valence-corrected chi connectivity index (χ4v) is 3.39. The van der Waals surface area contributed by atoms with Crippen molar-refractivity contribution in [3.05, 3.63) is 59.4 Å². The van der Waals surface area contributed by atoms with E-state index in [0.29, 0.717) is 0 Å². The van der Waals surface area contributed by atoms with Crippen LogP contribution in [0.5, 0.6) is 11.5 Å². The van der Waals surface area contributed by atoms with Gasteiger partial charge in [-0.1, -0.05) is 18.2 Å². The van der Waals surface area contributed by atoms with Gasteiger partial charge in [0.15, 0.2) is 17.2 Å². The summed E-state index contributed by atoms with van der Waals surface area (Å²) in [7, 11) is 1.20. The van der Waals surface area contributed by atoms with Crippen molar-refractivity contribution >= 4 is 11.8 Å². The van der Waals surface area contributed by atoms with Gasteiger partial charge in [-0.15, -0.1) is 0 Å². The molecule has 0 aliphatic carbocycles. The van der Waals surface area contributed by atoms with Crippen LogP contribution in [0.3, 0.4) is 0 Å². The summed E-state index contributed by atoms with van der Waals surface area (Å²) in [4.78, 5) is 24.6. The number of aromatic hydroxyl groups is 1. The highest BCUT2D eigenvalue weighted by Gasteiger charge is 2.59. The molecule has 0 unspecified atom stereocenters. The summed E-state index contributed by atoms with van der Waals surface area (Å²) in [5, 5.41) is 25.0. The van der Waals surface area contributed by atoms with Gasteiger partial charge in [0.2, 0.25) is 5.78 Å². The zero-order valence-electron chi connectivity index (χ0n) is 15.3. The Balaban J connectivity index is 2.20. The highest BCUT2D eigenvalue weighted by atomic mass is 19.4. The zero-order chi connectivity index (χ0) is 22.3. The third-order valence-corrected chi connectivity index (χ3v) is 4.78. The van der Waals surface area contributed by atoms with Gasteiger partial charge in [0.1, 0.15) is 11.7 Å². The first kappa shape index (κ1) is 21.4. The molecule has 3 atom stereocenters. The molecule has 3 rings (SSSR count). The largest absolute Gasteiger partial charge is 0.504 e. The van der Waals surface area contributed by atoms with Crippen LogP contribution in [0.1, 0.15) is 17.2 Å². The number of carbonyl (C=O) groups excluding carboxylic acids is 2. The van der Waals surface area contributed by atoms with Crippen LogP contribution in [-0.4, -0.2) is 35.3 Å². The van der Waals surface area contributed by atoms with Gasteiger partial charge in [-0.05, 0) is 29.8 Å². The van der Waals surface area contributed by atoms with E-state index in [1.165, 1.54) is 13.2 Å². The molecule has 0 bridgehead atoms. The number of carbonyl (C=O) groups is 2. The molecule has 30 heavy (non-hydrogen) atoms. The maximum absolute atomic E-state index is 13.4. The first-order chi connectivity index (χ1) is 14.0. The molecule has 1 saturated heterocycles. The minimum atomic E-state index is -5.36. The molecule has 0 radical (unpaired) electrons. The molecule has 2 aromatic carbocycles. The number of hydrogen-bond donors (Lipinski definition) is 4. The van der Waals surface area contributed by atoms with Gasteiger partial charge in [-0.2, -0.15) is 13.2 Å². The molecular formula is C19H16F4N2O5. The Morgan fingerprint density at radius 2 is 1.80 bits per heavy atom. The molecule has 1 aliphatic heterocycles. The maximum atomic E-state index is 13.4. The molecule has 0 aromatic heterocycles. The number of urea groups is 1. The lowest BCUT2D eigenvalue weighted by molar-refractivity contribution is -0.190. The minimum Gasteiger partial charge on any atom is -0.504 e. The van der Waals surface area contributed by atoms with E-state index in [4.69, 9.17) is 4.74 Å². The van der Waals surface area contributed by atoms with Crippen LogP contribution >= 0.6 is 0 Å². The Hall–Kier alpha value is -3.34. The lowest BCUT2D eigenvalue weighted by Crippen LogP contribution is -2.66. The average Bonchev–Trinajstić information content (AvgIpc) is 2.67. The first-order valence-electron chi connectivity index (χ1n) is 8.52. The topological polar surface area (TPSA) is 108 Å². The summed E-state index contributed by atoms with van der Waals surface area (Å²) >= 11 is 0. The second-order valence-corrected chi connectivity index (χ2v) is 6.62. The van der Waals surface area contributed by atoms with Crippen LogP contribution in [0.2, 0.25) is 0 Å². The number of hydrogen-bond acceptors (Lipinski definition) is 5. The molecular weight excluding hydrogens is 412 g/mol. The number of alkyl halides is 3. The summed E-state index contributed by atoms with van der Waals surface area (Å²) in [5.74, 6) is -5.78. The lowest BCUT2D eigenvalue weighted by atomic mass is 9.76. The molecule has 1 fully saturated rings. The number of halogens is 4. The number of nitrogens with one attached hydrogen (secondary N) is 2. The lowest BCUT2D eigenvalue weighted by Gasteiger charge is -2.45. The van der Waals surface area contributed by atoms with Crippen molar-refractivity contribution < 1.29 is 42.1 Å². The van der Waals surface area contributed by atoms with E-state index in [1.54, 1.807) is 0 Å². The molecule has 160 valence electrons. The molecule has 2 amide bonds. The molecule has 1 aliphatic rings. The van der Waals surface area contributed by atoms with E-state index in [-0.39, 0.29) is 22.6 Å². The van der Waals surface area contributed by atoms with E-state index in [9.17, 15) is 37.4 Å². The van der Waals surface area contributed by atoms with Crippen molar-refractivity contribution in [1.82, 2.24) is 10.6 Å². The number of amides is 2. The van der Waals surface area contributed by atoms with Gasteiger partial charge in [-0.3, -0.25) is 4.79 Å². The number of phenols is 1. The fraction of sp³-hybridized carbons (Fsp3) is 0.263. The minimum absolute atomic E-state index is 0.0392. The van der Waals surface area contributed by atoms with Gasteiger partial charge >= 0.3 is 12.2 Å². The smallest absolute Gasteiger partial charge is 0.450 e. The van der Waals surface area contributed by atoms with Crippen LogP contribution < -0.4 is 15.4 Å². The molecule has 0 saturated carbocycles. The number of methoxy groups -OCH3 is 1. The van der Waals surface area contributed by atoms with Crippen LogP contribution in [0.4, 0.5) is 22.4 Å². The summed E-state index contributed by atoms with van der Waals surface area (Å²) in [6, 6.07) is 4.36. The number of aliphatic hydroxyl groups is 1. The molecule has 2 aromatic rings. The number of Topliss-reactive ketones (excluding diaryl/α,β-unsaturated/α-hetero) is 1.